The molecule has 1 aromatic rings. The summed E-state index contributed by atoms with van der Waals surface area (Å²) in [5.41, 5.74) is -3.21. The Morgan fingerprint density at radius 3 is 2.76 bits per heavy atom. The minimum atomic E-state index is -4.05. The van der Waals surface area contributed by atoms with E-state index in [9.17, 15) is 18.9 Å². The number of H-pyrrole nitrogens is 1. The number of hydrogen-bond acceptors (Lipinski definition) is 9. The van der Waals surface area contributed by atoms with E-state index in [-0.39, 0.29) is 25.7 Å². The molecule has 2 fully saturated rings. The molecule has 0 amide bonds. The van der Waals surface area contributed by atoms with Gasteiger partial charge in [0.1, 0.15) is 17.6 Å². The maximum atomic E-state index is 13.2. The van der Waals surface area contributed by atoms with Crippen LogP contribution in [0.1, 0.15) is 47.3 Å². The van der Waals surface area contributed by atoms with Crippen LogP contribution in [0.5, 0.6) is 0 Å². The number of hydrogen-bond donors (Lipinski definition) is 1. The molecule has 1 aromatic heterocycles. The lowest BCUT2D eigenvalue weighted by Crippen LogP contribution is -2.43. The van der Waals surface area contributed by atoms with Gasteiger partial charge in [-0.15, -0.1) is 6.42 Å². The number of fused-ring (bicyclic) bond motifs is 1. The number of ether oxygens (including phenoxy) is 2. The summed E-state index contributed by atoms with van der Waals surface area (Å²) in [6.45, 7) is 8.39. The van der Waals surface area contributed by atoms with E-state index < -0.39 is 54.3 Å². The fraction of sp³-hybridized carbons (Fsp3) is 0.667. The van der Waals surface area contributed by atoms with Crippen LogP contribution in [0, 0.1) is 23.2 Å². The maximum Gasteiger partial charge on any atom is 0.475 e. The van der Waals surface area contributed by atoms with Crippen molar-refractivity contribution in [3.05, 3.63) is 33.1 Å². The van der Waals surface area contributed by atoms with Gasteiger partial charge >= 0.3 is 19.5 Å². The molecular formula is C21H29N2O9P. The molecule has 2 aliphatic heterocycles. The van der Waals surface area contributed by atoms with Gasteiger partial charge < -0.3 is 9.47 Å². The molecule has 0 spiro atoms. The van der Waals surface area contributed by atoms with Gasteiger partial charge in [0.25, 0.3) is 5.56 Å². The first-order valence-electron chi connectivity index (χ1n) is 10.5. The molecule has 0 aromatic carbocycles. The molecule has 12 heteroatoms. The average Bonchev–Trinajstić information content (AvgIpc) is 2.98. The van der Waals surface area contributed by atoms with Crippen molar-refractivity contribution in [3.63, 3.8) is 0 Å². The Balaban J connectivity index is 1.75. The smallest absolute Gasteiger partial charge is 0.463 e. The zero-order chi connectivity index (χ0) is 24.6. The van der Waals surface area contributed by atoms with Crippen LogP contribution >= 0.6 is 7.82 Å². The summed E-state index contributed by atoms with van der Waals surface area (Å²) in [7, 11) is -4.05. The SMILES string of the molecule is C#C[C@]1(C)[C@@H]2O[P@@](=O)(OCC(C)(C)CC(=O)OC(C)C)OC[C@H]2O[C@H]1n1ccc(=O)[nH]c1=O. The summed E-state index contributed by atoms with van der Waals surface area (Å²) in [6, 6.07) is 1.17. The number of aromatic nitrogens is 2. The van der Waals surface area contributed by atoms with Gasteiger partial charge in [0.2, 0.25) is 0 Å². The lowest BCUT2D eigenvalue weighted by molar-refractivity contribution is -0.150. The van der Waals surface area contributed by atoms with Gasteiger partial charge in [-0.2, -0.15) is 0 Å². The predicted octanol–water partition coefficient (Wildman–Crippen LogP) is 1.98. The van der Waals surface area contributed by atoms with Gasteiger partial charge in [0.05, 0.1) is 25.7 Å². The summed E-state index contributed by atoms with van der Waals surface area (Å²) in [5.74, 6) is 2.19. The number of carbonyl (C=O) groups excluding carboxylic acids is 1. The van der Waals surface area contributed by atoms with E-state index in [1.165, 1.54) is 12.3 Å². The third-order valence-corrected chi connectivity index (χ3v) is 6.80. The van der Waals surface area contributed by atoms with Gasteiger partial charge in [-0.1, -0.05) is 19.8 Å². The average molecular weight is 484 g/mol. The van der Waals surface area contributed by atoms with Crippen LogP contribution in [0.3, 0.4) is 0 Å². The number of phosphoric acid groups is 1. The molecule has 0 unspecified atom stereocenters. The predicted molar refractivity (Wildman–Crippen MR) is 116 cm³/mol. The highest BCUT2D eigenvalue weighted by Crippen LogP contribution is 2.61. The van der Waals surface area contributed by atoms with Crippen molar-refractivity contribution in [1.82, 2.24) is 9.55 Å². The van der Waals surface area contributed by atoms with Gasteiger partial charge in [-0.25, -0.2) is 9.36 Å². The maximum absolute atomic E-state index is 13.2. The van der Waals surface area contributed by atoms with Gasteiger partial charge in [-0.3, -0.25) is 32.7 Å². The number of esters is 1. The summed E-state index contributed by atoms with van der Waals surface area (Å²) in [4.78, 5) is 37.9. The first-order valence-corrected chi connectivity index (χ1v) is 12.0. The molecule has 2 saturated heterocycles. The Bertz CT molecular complexity index is 1100. The van der Waals surface area contributed by atoms with E-state index in [1.807, 2.05) is 0 Å². The molecule has 182 valence electrons. The van der Waals surface area contributed by atoms with Crippen LogP contribution in [0.25, 0.3) is 0 Å². The molecule has 3 rings (SSSR count). The Morgan fingerprint density at radius 2 is 2.15 bits per heavy atom. The van der Waals surface area contributed by atoms with Gasteiger partial charge in [0.15, 0.2) is 6.23 Å². The normalized spacial score (nSPS) is 31.7. The highest BCUT2D eigenvalue weighted by molar-refractivity contribution is 7.48. The molecule has 11 nitrogen and oxygen atoms in total. The van der Waals surface area contributed by atoms with Crippen LogP contribution in [0.4, 0.5) is 0 Å². The van der Waals surface area contributed by atoms with Crippen LogP contribution < -0.4 is 11.2 Å². The van der Waals surface area contributed by atoms with E-state index in [4.69, 9.17) is 29.5 Å². The second-order valence-electron chi connectivity index (χ2n) is 9.39. The summed E-state index contributed by atoms with van der Waals surface area (Å²) >= 11 is 0. The van der Waals surface area contributed by atoms with Crippen molar-refractivity contribution in [2.24, 2.45) is 10.8 Å². The molecule has 0 aliphatic carbocycles. The third-order valence-electron chi connectivity index (χ3n) is 5.40. The monoisotopic (exact) mass is 484 g/mol. The largest absolute Gasteiger partial charge is 0.475 e. The minimum Gasteiger partial charge on any atom is -0.463 e. The van der Waals surface area contributed by atoms with Crippen LogP contribution in [-0.2, 0) is 32.4 Å². The van der Waals surface area contributed by atoms with Crippen LogP contribution in [-0.4, -0.2) is 47.0 Å². The molecule has 0 saturated carbocycles. The first-order chi connectivity index (χ1) is 15.3. The van der Waals surface area contributed by atoms with Crippen molar-refractivity contribution in [2.75, 3.05) is 13.2 Å². The van der Waals surface area contributed by atoms with Crippen molar-refractivity contribution < 1.29 is 32.4 Å². The van der Waals surface area contributed by atoms with E-state index in [0.29, 0.717) is 0 Å². The van der Waals surface area contributed by atoms with Crippen LogP contribution in [0.2, 0.25) is 0 Å². The number of terminal acetylenes is 1. The topological polar surface area (TPSA) is 135 Å². The number of aromatic amines is 1. The van der Waals surface area contributed by atoms with Gasteiger partial charge in [-0.05, 0) is 26.2 Å². The molecule has 0 radical (unpaired) electrons. The van der Waals surface area contributed by atoms with E-state index in [2.05, 4.69) is 10.9 Å². The van der Waals surface area contributed by atoms with Crippen molar-refractivity contribution in [3.8, 4) is 12.3 Å². The molecule has 5 atom stereocenters. The highest BCUT2D eigenvalue weighted by Gasteiger charge is 2.60. The Labute approximate surface area is 191 Å². The van der Waals surface area contributed by atoms with Crippen molar-refractivity contribution in [1.29, 1.82) is 0 Å². The van der Waals surface area contributed by atoms with Crippen molar-refractivity contribution in [2.45, 2.75) is 65.6 Å². The summed E-state index contributed by atoms with van der Waals surface area (Å²) in [5, 5.41) is 0. The number of phosphoric ester groups is 1. The van der Waals surface area contributed by atoms with Crippen molar-refractivity contribution >= 4 is 13.8 Å². The molecule has 1 N–H and O–H groups in total. The summed E-state index contributed by atoms with van der Waals surface area (Å²) in [6.07, 6.45) is 4.21. The Morgan fingerprint density at radius 1 is 1.45 bits per heavy atom. The highest BCUT2D eigenvalue weighted by atomic mass is 31.2. The number of carbonyl (C=O) groups is 1. The zero-order valence-electron chi connectivity index (χ0n) is 19.2. The van der Waals surface area contributed by atoms with E-state index >= 15 is 0 Å². The fourth-order valence-electron chi connectivity index (χ4n) is 3.73. The number of nitrogens with zero attached hydrogens (tertiary/aromatic N) is 1. The van der Waals surface area contributed by atoms with E-state index in [1.54, 1.807) is 34.6 Å². The number of nitrogens with one attached hydrogen (secondary N) is 1. The fourth-order valence-corrected chi connectivity index (χ4v) is 5.40. The summed E-state index contributed by atoms with van der Waals surface area (Å²) < 4.78 is 42.1. The van der Waals surface area contributed by atoms with E-state index in [0.717, 1.165) is 4.57 Å². The minimum absolute atomic E-state index is 0.0413. The quantitative estimate of drug-likeness (QED) is 0.350. The first kappa shape index (κ1) is 25.4. The van der Waals surface area contributed by atoms with Crippen LogP contribution in [0.15, 0.2) is 21.9 Å². The molecule has 0 bridgehead atoms. The lowest BCUT2D eigenvalue weighted by atomic mass is 9.83. The lowest BCUT2D eigenvalue weighted by Gasteiger charge is -2.36. The second kappa shape index (κ2) is 9.20. The third kappa shape index (κ3) is 5.48. The standard InChI is InChI=1S/C21H29N2O9P/c1-7-21(6)17-14(31-18(21)23-9-8-15(24)22-19(23)26)11-28-33(27,32-17)29-12-20(4,5)10-16(25)30-13(2)3/h1,8-9,13-14,17-18H,10-12H2,2-6H3,(H,22,24,26)/t14-,17-,18-,21-,33-/m1/s1. The molecule has 2 aliphatic rings. The second-order valence-corrected chi connectivity index (χ2v) is 11.0. The molecule has 33 heavy (non-hydrogen) atoms. The van der Waals surface area contributed by atoms with Gasteiger partial charge in [0, 0.05) is 12.3 Å². The Kier molecular flexibility index (Phi) is 7.08. The number of rotatable bonds is 7. The molecular weight excluding hydrogens is 455 g/mol. The zero-order valence-corrected chi connectivity index (χ0v) is 20.1. The molecule has 3 heterocycles. The Hall–Kier alpha value is -2.22.